The normalized spacial score (nSPS) is 10.4. The van der Waals surface area contributed by atoms with E-state index in [9.17, 15) is 8.78 Å². The molecule has 4 heteroatoms. The average molecular weight is 192 g/mol. The molecule has 0 saturated heterocycles. The first-order chi connectivity index (χ1) is 6.63. The highest BCUT2D eigenvalue weighted by Gasteiger charge is 2.14. The first kappa shape index (κ1) is 8.70. The number of benzene rings is 1. The van der Waals surface area contributed by atoms with Gasteiger partial charge in [0.2, 0.25) is 0 Å². The highest BCUT2D eigenvalue weighted by molar-refractivity contribution is 5.78. The van der Waals surface area contributed by atoms with Crippen molar-refractivity contribution in [2.24, 2.45) is 0 Å². The Balaban J connectivity index is 2.93. The molecule has 0 saturated carbocycles. The van der Waals surface area contributed by atoms with Crippen molar-refractivity contribution in [3.05, 3.63) is 29.1 Å². The summed E-state index contributed by atoms with van der Waals surface area (Å²) >= 11 is 0. The molecule has 70 valence electrons. The Kier molecular flexibility index (Phi) is 1.74. The van der Waals surface area contributed by atoms with Crippen LogP contribution in [0.25, 0.3) is 11.0 Å². The van der Waals surface area contributed by atoms with E-state index in [0.29, 0.717) is 5.82 Å². The fourth-order valence-electron chi connectivity index (χ4n) is 1.34. The SMILES string of the molecule is C#Cc1c(F)cc2nc(C)[nH]c2c1F. The predicted octanol–water partition coefficient (Wildman–Crippen LogP) is 2.13. The number of nitrogens with one attached hydrogen (secondary N) is 1. The van der Waals surface area contributed by atoms with Gasteiger partial charge in [0.15, 0.2) is 5.82 Å². The monoisotopic (exact) mass is 192 g/mol. The molecular weight excluding hydrogens is 186 g/mol. The van der Waals surface area contributed by atoms with Crippen LogP contribution in [0, 0.1) is 30.9 Å². The number of rotatable bonds is 0. The molecule has 1 aromatic carbocycles. The zero-order valence-electron chi connectivity index (χ0n) is 7.36. The highest BCUT2D eigenvalue weighted by Crippen LogP contribution is 2.21. The van der Waals surface area contributed by atoms with Crippen LogP contribution in [-0.2, 0) is 0 Å². The molecule has 0 atom stereocenters. The molecule has 0 unspecified atom stereocenters. The van der Waals surface area contributed by atoms with E-state index in [1.54, 1.807) is 6.92 Å². The summed E-state index contributed by atoms with van der Waals surface area (Å²) < 4.78 is 26.6. The quantitative estimate of drug-likeness (QED) is 0.636. The summed E-state index contributed by atoms with van der Waals surface area (Å²) in [6.45, 7) is 1.66. The van der Waals surface area contributed by atoms with Gasteiger partial charge in [-0.25, -0.2) is 13.8 Å². The molecule has 1 N–H and O–H groups in total. The van der Waals surface area contributed by atoms with E-state index in [0.717, 1.165) is 6.07 Å². The van der Waals surface area contributed by atoms with E-state index >= 15 is 0 Å². The van der Waals surface area contributed by atoms with Crippen molar-refractivity contribution in [2.75, 3.05) is 0 Å². The molecule has 1 heterocycles. The van der Waals surface area contributed by atoms with Crippen LogP contribution in [0.15, 0.2) is 6.07 Å². The fourth-order valence-corrected chi connectivity index (χ4v) is 1.34. The molecule has 1 aromatic heterocycles. The Morgan fingerprint density at radius 1 is 1.50 bits per heavy atom. The third kappa shape index (κ3) is 1.06. The largest absolute Gasteiger partial charge is 0.340 e. The number of imidazole rings is 1. The van der Waals surface area contributed by atoms with Gasteiger partial charge in [0, 0.05) is 6.07 Å². The fraction of sp³-hybridized carbons (Fsp3) is 0.100. The number of aromatic nitrogens is 2. The standard InChI is InChI=1S/C10H6F2N2/c1-3-6-7(11)4-8-10(9(6)12)14-5(2)13-8/h1,4H,2H3,(H,13,14). The number of nitrogens with zero attached hydrogens (tertiary/aromatic N) is 1. The smallest absolute Gasteiger partial charge is 0.167 e. The molecule has 2 nitrogen and oxygen atoms in total. The van der Waals surface area contributed by atoms with Crippen LogP contribution in [0.5, 0.6) is 0 Å². The Morgan fingerprint density at radius 2 is 2.21 bits per heavy atom. The van der Waals surface area contributed by atoms with Gasteiger partial charge in [0.25, 0.3) is 0 Å². The molecule has 14 heavy (non-hydrogen) atoms. The maximum absolute atomic E-state index is 13.5. The summed E-state index contributed by atoms with van der Waals surface area (Å²) in [4.78, 5) is 6.59. The van der Waals surface area contributed by atoms with Gasteiger partial charge in [-0.3, -0.25) is 0 Å². The molecule has 0 aliphatic rings. The Morgan fingerprint density at radius 3 is 2.86 bits per heavy atom. The number of aryl methyl sites for hydroxylation is 1. The van der Waals surface area contributed by atoms with Crippen LogP contribution in [0.3, 0.4) is 0 Å². The van der Waals surface area contributed by atoms with Crippen LogP contribution < -0.4 is 0 Å². The minimum atomic E-state index is -0.761. The van der Waals surface area contributed by atoms with Crippen molar-refractivity contribution in [3.63, 3.8) is 0 Å². The number of aromatic amines is 1. The maximum atomic E-state index is 13.5. The van der Waals surface area contributed by atoms with Gasteiger partial charge in [-0.2, -0.15) is 0 Å². The van der Waals surface area contributed by atoms with E-state index in [4.69, 9.17) is 6.42 Å². The number of hydrogen-bond donors (Lipinski definition) is 1. The van der Waals surface area contributed by atoms with E-state index in [2.05, 4.69) is 9.97 Å². The minimum Gasteiger partial charge on any atom is -0.340 e. The molecular formula is C10H6F2N2. The summed E-state index contributed by atoms with van der Waals surface area (Å²) in [5.41, 5.74) is 0.0366. The summed E-state index contributed by atoms with van der Waals surface area (Å²) in [7, 11) is 0. The van der Waals surface area contributed by atoms with Crippen molar-refractivity contribution in [1.82, 2.24) is 9.97 Å². The number of halogens is 2. The van der Waals surface area contributed by atoms with E-state index in [1.807, 2.05) is 5.92 Å². The van der Waals surface area contributed by atoms with Gasteiger partial charge in [-0.05, 0) is 6.92 Å². The van der Waals surface area contributed by atoms with Crippen LogP contribution in [0.1, 0.15) is 11.4 Å². The summed E-state index contributed by atoms with van der Waals surface area (Å²) in [5.74, 6) is 0.967. The van der Waals surface area contributed by atoms with Crippen molar-refractivity contribution in [1.29, 1.82) is 0 Å². The molecule has 0 aliphatic heterocycles. The van der Waals surface area contributed by atoms with E-state index in [-0.39, 0.29) is 16.6 Å². The zero-order chi connectivity index (χ0) is 10.3. The van der Waals surface area contributed by atoms with Gasteiger partial charge < -0.3 is 4.98 Å². The molecule has 0 amide bonds. The lowest BCUT2D eigenvalue weighted by atomic mass is 10.2. The third-order valence-electron chi connectivity index (χ3n) is 1.94. The number of fused-ring (bicyclic) bond motifs is 1. The van der Waals surface area contributed by atoms with Crippen LogP contribution >= 0.6 is 0 Å². The molecule has 2 rings (SSSR count). The van der Waals surface area contributed by atoms with Crippen LogP contribution in [0.4, 0.5) is 8.78 Å². The third-order valence-corrected chi connectivity index (χ3v) is 1.94. The average Bonchev–Trinajstić information content (AvgIpc) is 2.47. The Labute approximate surface area is 79.0 Å². The van der Waals surface area contributed by atoms with Gasteiger partial charge in [0.05, 0.1) is 11.1 Å². The first-order valence-electron chi connectivity index (χ1n) is 3.94. The van der Waals surface area contributed by atoms with Gasteiger partial charge in [-0.15, -0.1) is 6.42 Å². The van der Waals surface area contributed by atoms with Gasteiger partial charge in [0.1, 0.15) is 17.2 Å². The topological polar surface area (TPSA) is 28.7 Å². The number of hydrogen-bond acceptors (Lipinski definition) is 1. The van der Waals surface area contributed by atoms with E-state index < -0.39 is 11.6 Å². The predicted molar refractivity (Wildman–Crippen MR) is 48.7 cm³/mol. The molecule has 2 aromatic rings. The number of H-pyrrole nitrogens is 1. The lowest BCUT2D eigenvalue weighted by Crippen LogP contribution is -1.91. The van der Waals surface area contributed by atoms with Crippen LogP contribution in [0.2, 0.25) is 0 Å². The molecule has 0 fully saturated rings. The Hall–Kier alpha value is -1.89. The molecule has 0 aliphatic carbocycles. The molecule has 0 bridgehead atoms. The first-order valence-corrected chi connectivity index (χ1v) is 3.94. The summed E-state index contributed by atoms with van der Waals surface area (Å²) in [5, 5.41) is 0. The summed E-state index contributed by atoms with van der Waals surface area (Å²) in [6.07, 6.45) is 4.99. The second-order valence-electron chi connectivity index (χ2n) is 2.91. The highest BCUT2D eigenvalue weighted by atomic mass is 19.1. The lowest BCUT2D eigenvalue weighted by Gasteiger charge is -1.97. The maximum Gasteiger partial charge on any atom is 0.167 e. The zero-order valence-corrected chi connectivity index (χ0v) is 7.36. The number of terminal acetylenes is 1. The molecule has 0 radical (unpaired) electrons. The minimum absolute atomic E-state index is 0.150. The van der Waals surface area contributed by atoms with E-state index in [1.165, 1.54) is 0 Å². The Bertz CT molecular complexity index is 549. The van der Waals surface area contributed by atoms with Crippen molar-refractivity contribution < 1.29 is 8.78 Å². The lowest BCUT2D eigenvalue weighted by molar-refractivity contribution is 0.585. The molecule has 0 spiro atoms. The second kappa shape index (κ2) is 2.81. The van der Waals surface area contributed by atoms with Crippen molar-refractivity contribution >= 4 is 11.0 Å². The second-order valence-corrected chi connectivity index (χ2v) is 2.91. The van der Waals surface area contributed by atoms with Crippen molar-refractivity contribution in [2.45, 2.75) is 6.92 Å². The van der Waals surface area contributed by atoms with Gasteiger partial charge >= 0.3 is 0 Å². The van der Waals surface area contributed by atoms with Crippen LogP contribution in [-0.4, -0.2) is 9.97 Å². The van der Waals surface area contributed by atoms with Gasteiger partial charge in [-0.1, -0.05) is 5.92 Å². The summed E-state index contributed by atoms with van der Waals surface area (Å²) in [6, 6.07) is 1.12. The van der Waals surface area contributed by atoms with Crippen molar-refractivity contribution in [3.8, 4) is 12.3 Å².